The van der Waals surface area contributed by atoms with E-state index >= 15 is 0 Å². The number of amides is 1. The van der Waals surface area contributed by atoms with Crippen LogP contribution in [-0.2, 0) is 21.2 Å². The number of ether oxygens (including phenoxy) is 1. The van der Waals surface area contributed by atoms with Crippen LogP contribution in [0.15, 0.2) is 53.4 Å². The summed E-state index contributed by atoms with van der Waals surface area (Å²) in [6.07, 6.45) is 3.51. The van der Waals surface area contributed by atoms with Crippen LogP contribution in [0.25, 0.3) is 0 Å². The van der Waals surface area contributed by atoms with Crippen LogP contribution >= 0.6 is 0 Å². The van der Waals surface area contributed by atoms with E-state index in [1.165, 1.54) is 17.7 Å². The number of rotatable bonds is 6. The van der Waals surface area contributed by atoms with Crippen molar-refractivity contribution in [3.63, 3.8) is 0 Å². The number of sulfonamides is 1. The molecule has 2 N–H and O–H groups in total. The summed E-state index contributed by atoms with van der Waals surface area (Å²) < 4.78 is 33.2. The number of fused-ring (bicyclic) bond motifs is 1. The van der Waals surface area contributed by atoms with E-state index in [0.29, 0.717) is 12.2 Å². The summed E-state index contributed by atoms with van der Waals surface area (Å²) in [5.41, 5.74) is 2.73. The number of hydrogen-bond acceptors (Lipinski definition) is 4. The number of aryl methyl sites for hydroxylation is 1. The predicted octanol–water partition coefficient (Wildman–Crippen LogP) is 2.56. The molecule has 4 rings (SSSR count). The molecule has 1 fully saturated rings. The zero-order valence-electron chi connectivity index (χ0n) is 15.6. The highest BCUT2D eigenvalue weighted by Crippen LogP contribution is 2.31. The summed E-state index contributed by atoms with van der Waals surface area (Å²) in [6, 6.07) is 14.2. The van der Waals surface area contributed by atoms with Gasteiger partial charge in [-0.3, -0.25) is 4.79 Å². The van der Waals surface area contributed by atoms with Gasteiger partial charge in [0.1, 0.15) is 0 Å². The maximum atomic E-state index is 12.7. The van der Waals surface area contributed by atoms with Gasteiger partial charge in [-0.2, -0.15) is 0 Å². The molecule has 2 aromatic rings. The van der Waals surface area contributed by atoms with Crippen molar-refractivity contribution in [2.45, 2.75) is 42.7 Å². The molecule has 28 heavy (non-hydrogen) atoms. The van der Waals surface area contributed by atoms with E-state index < -0.39 is 10.0 Å². The van der Waals surface area contributed by atoms with E-state index in [4.69, 9.17) is 4.74 Å². The Morgan fingerprint density at radius 1 is 1.11 bits per heavy atom. The monoisotopic (exact) mass is 400 g/mol. The van der Waals surface area contributed by atoms with E-state index in [9.17, 15) is 13.2 Å². The molecule has 1 aliphatic carbocycles. The minimum absolute atomic E-state index is 0.0402. The van der Waals surface area contributed by atoms with E-state index in [-0.39, 0.29) is 29.5 Å². The SMILES string of the molecule is O=C(N[C@@H]1CCc2ccccc21)c1cccc(S(=O)(=O)NC[C@H]2CCCO2)c1. The summed E-state index contributed by atoms with van der Waals surface area (Å²) in [7, 11) is -3.69. The van der Waals surface area contributed by atoms with Crippen molar-refractivity contribution < 1.29 is 17.9 Å². The van der Waals surface area contributed by atoms with Crippen LogP contribution in [0.2, 0.25) is 0 Å². The Kier molecular flexibility index (Phi) is 5.48. The van der Waals surface area contributed by atoms with Crippen LogP contribution in [0.5, 0.6) is 0 Å². The zero-order chi connectivity index (χ0) is 19.6. The van der Waals surface area contributed by atoms with Crippen LogP contribution in [0.4, 0.5) is 0 Å². The van der Waals surface area contributed by atoms with E-state index in [0.717, 1.165) is 31.2 Å². The molecular formula is C21H24N2O4S. The number of nitrogens with one attached hydrogen (secondary N) is 2. The van der Waals surface area contributed by atoms with Gasteiger partial charge in [0.25, 0.3) is 5.91 Å². The maximum Gasteiger partial charge on any atom is 0.251 e. The first-order chi connectivity index (χ1) is 13.5. The highest BCUT2D eigenvalue weighted by molar-refractivity contribution is 7.89. The molecule has 1 amide bonds. The Labute approximate surface area is 165 Å². The fourth-order valence-electron chi connectivity index (χ4n) is 3.84. The van der Waals surface area contributed by atoms with E-state index in [1.807, 2.05) is 18.2 Å². The van der Waals surface area contributed by atoms with Gasteiger partial charge >= 0.3 is 0 Å². The molecule has 1 heterocycles. The third-order valence-electron chi connectivity index (χ3n) is 5.37. The third kappa shape index (κ3) is 4.11. The molecule has 2 atom stereocenters. The molecule has 2 aromatic carbocycles. The van der Waals surface area contributed by atoms with E-state index in [1.54, 1.807) is 12.1 Å². The van der Waals surface area contributed by atoms with E-state index in [2.05, 4.69) is 16.1 Å². The van der Waals surface area contributed by atoms with Crippen LogP contribution < -0.4 is 10.0 Å². The number of benzene rings is 2. The highest BCUT2D eigenvalue weighted by Gasteiger charge is 2.25. The molecule has 2 aliphatic rings. The average Bonchev–Trinajstić information content (AvgIpc) is 3.37. The lowest BCUT2D eigenvalue weighted by Gasteiger charge is -2.15. The maximum absolute atomic E-state index is 12.7. The number of hydrogen-bond donors (Lipinski definition) is 2. The summed E-state index contributed by atoms with van der Waals surface area (Å²) in [4.78, 5) is 12.8. The number of carbonyl (C=O) groups excluding carboxylic acids is 1. The van der Waals surface area contributed by atoms with Gasteiger partial charge in [-0.05, 0) is 55.0 Å². The standard InChI is InChI=1S/C21H24N2O4S/c24-21(23-20-11-10-15-5-1-2-9-19(15)20)16-6-3-8-18(13-16)28(25,26)22-14-17-7-4-12-27-17/h1-3,5-6,8-9,13,17,20,22H,4,7,10-12,14H2,(H,23,24)/t17-,20-/m1/s1. The third-order valence-corrected chi connectivity index (χ3v) is 6.79. The van der Waals surface area contributed by atoms with Gasteiger partial charge in [0, 0.05) is 18.7 Å². The van der Waals surface area contributed by atoms with Crippen molar-refractivity contribution in [1.82, 2.24) is 10.0 Å². The molecule has 0 aromatic heterocycles. The van der Waals surface area contributed by atoms with Crippen LogP contribution in [0.3, 0.4) is 0 Å². The van der Waals surface area contributed by atoms with Gasteiger partial charge in [0.2, 0.25) is 10.0 Å². The summed E-state index contributed by atoms with van der Waals surface area (Å²) in [5, 5.41) is 3.03. The largest absolute Gasteiger partial charge is 0.377 e. The highest BCUT2D eigenvalue weighted by atomic mass is 32.2. The lowest BCUT2D eigenvalue weighted by molar-refractivity contribution is 0.0936. The summed E-state index contributed by atoms with van der Waals surface area (Å²) >= 11 is 0. The average molecular weight is 401 g/mol. The Morgan fingerprint density at radius 3 is 2.79 bits per heavy atom. The second-order valence-electron chi connectivity index (χ2n) is 7.28. The minimum atomic E-state index is -3.69. The first-order valence-corrected chi connectivity index (χ1v) is 11.1. The van der Waals surface area contributed by atoms with Crippen LogP contribution in [0.1, 0.15) is 46.8 Å². The molecule has 148 valence electrons. The van der Waals surface area contributed by atoms with Gasteiger partial charge in [0.05, 0.1) is 17.0 Å². The van der Waals surface area contributed by atoms with Crippen LogP contribution in [-0.4, -0.2) is 33.6 Å². The second kappa shape index (κ2) is 8.03. The van der Waals surface area contributed by atoms with Gasteiger partial charge in [-0.15, -0.1) is 0 Å². The Balaban J connectivity index is 1.45. The fourth-order valence-corrected chi connectivity index (χ4v) is 4.96. The van der Waals surface area contributed by atoms with Crippen LogP contribution in [0, 0.1) is 0 Å². The lowest BCUT2D eigenvalue weighted by atomic mass is 10.1. The van der Waals surface area contributed by atoms with Gasteiger partial charge in [-0.25, -0.2) is 13.1 Å². The van der Waals surface area contributed by atoms with Crippen molar-refractivity contribution >= 4 is 15.9 Å². The molecule has 0 bridgehead atoms. The molecule has 7 heteroatoms. The molecule has 0 spiro atoms. The smallest absolute Gasteiger partial charge is 0.251 e. The Hall–Kier alpha value is -2.22. The van der Waals surface area contributed by atoms with Crippen molar-refractivity contribution in [3.8, 4) is 0 Å². The molecule has 0 unspecified atom stereocenters. The Bertz CT molecular complexity index is 968. The first-order valence-electron chi connectivity index (χ1n) is 9.63. The molecule has 6 nitrogen and oxygen atoms in total. The summed E-state index contributed by atoms with van der Waals surface area (Å²) in [6.45, 7) is 0.921. The van der Waals surface area contributed by atoms with Gasteiger partial charge in [-0.1, -0.05) is 30.3 Å². The van der Waals surface area contributed by atoms with Crippen molar-refractivity contribution in [3.05, 3.63) is 65.2 Å². The quantitative estimate of drug-likeness (QED) is 0.781. The number of carbonyl (C=O) groups is 1. The Morgan fingerprint density at radius 2 is 1.96 bits per heavy atom. The van der Waals surface area contributed by atoms with Crippen molar-refractivity contribution in [2.24, 2.45) is 0 Å². The van der Waals surface area contributed by atoms with Crippen molar-refractivity contribution in [2.75, 3.05) is 13.2 Å². The van der Waals surface area contributed by atoms with Crippen molar-refractivity contribution in [1.29, 1.82) is 0 Å². The molecule has 0 saturated carbocycles. The second-order valence-corrected chi connectivity index (χ2v) is 9.05. The lowest BCUT2D eigenvalue weighted by Crippen LogP contribution is -2.32. The fraction of sp³-hybridized carbons (Fsp3) is 0.381. The normalized spacial score (nSPS) is 21.4. The topological polar surface area (TPSA) is 84.5 Å². The predicted molar refractivity (Wildman–Crippen MR) is 106 cm³/mol. The van der Waals surface area contributed by atoms with Gasteiger partial charge < -0.3 is 10.1 Å². The molecule has 1 aliphatic heterocycles. The molecular weight excluding hydrogens is 376 g/mol. The molecule has 1 saturated heterocycles. The van der Waals surface area contributed by atoms with Gasteiger partial charge in [0.15, 0.2) is 0 Å². The zero-order valence-corrected chi connectivity index (χ0v) is 16.4. The minimum Gasteiger partial charge on any atom is -0.377 e. The molecule has 0 radical (unpaired) electrons. The summed E-state index contributed by atoms with van der Waals surface area (Å²) in [5.74, 6) is -0.266. The first kappa shape index (κ1) is 19.1.